The lowest BCUT2D eigenvalue weighted by molar-refractivity contribution is -0.160. The lowest BCUT2D eigenvalue weighted by Gasteiger charge is -2.48. The Morgan fingerprint density at radius 1 is 0.946 bits per heavy atom. The summed E-state index contributed by atoms with van der Waals surface area (Å²) in [5, 5.41) is 1.07. The van der Waals surface area contributed by atoms with Crippen LogP contribution < -0.4 is 9.47 Å². The van der Waals surface area contributed by atoms with Gasteiger partial charge in [-0.25, -0.2) is 0 Å². The van der Waals surface area contributed by atoms with Gasteiger partial charge in [-0.3, -0.25) is 9.59 Å². The van der Waals surface area contributed by atoms with E-state index in [2.05, 4.69) is 11.1 Å². The maximum absolute atomic E-state index is 14.1. The first-order valence-electron chi connectivity index (χ1n) is 12.5. The number of piperazine rings is 1. The van der Waals surface area contributed by atoms with Gasteiger partial charge in [0.15, 0.2) is 0 Å². The highest BCUT2D eigenvalue weighted by molar-refractivity contribution is 5.98. The zero-order valence-corrected chi connectivity index (χ0v) is 21.1. The maximum atomic E-state index is 14.1. The number of hydrogen-bond donors (Lipinski definition) is 1. The lowest BCUT2D eigenvalue weighted by Crippen LogP contribution is -2.63. The van der Waals surface area contributed by atoms with Gasteiger partial charge in [0.2, 0.25) is 11.8 Å². The number of rotatable bonds is 5. The van der Waals surface area contributed by atoms with Gasteiger partial charge in [-0.1, -0.05) is 48.5 Å². The zero-order valence-electron chi connectivity index (χ0n) is 21.1. The van der Waals surface area contributed by atoms with Crippen molar-refractivity contribution in [2.45, 2.75) is 31.5 Å². The number of ether oxygens (including phenoxy) is 2. The van der Waals surface area contributed by atoms with Gasteiger partial charge >= 0.3 is 0 Å². The van der Waals surface area contributed by atoms with Crippen molar-refractivity contribution in [1.82, 2.24) is 14.8 Å². The SMILES string of the molecule is COc1ccc(OC)c(C2c3[nH]c4ccccc4c3C[C@H]3C(=O)N(C(C)c4ccccc4)CC(=O)N23)c1. The molecule has 0 spiro atoms. The van der Waals surface area contributed by atoms with Crippen LogP contribution in [0.1, 0.15) is 41.4 Å². The molecule has 1 N–H and O–H groups in total. The van der Waals surface area contributed by atoms with E-state index >= 15 is 0 Å². The molecule has 6 rings (SSSR count). The molecule has 2 unspecified atom stereocenters. The first-order valence-corrected chi connectivity index (χ1v) is 12.5. The molecule has 188 valence electrons. The van der Waals surface area contributed by atoms with Gasteiger partial charge in [0.25, 0.3) is 0 Å². The number of fused-ring (bicyclic) bond motifs is 4. The Morgan fingerprint density at radius 2 is 1.70 bits per heavy atom. The molecular weight excluding hydrogens is 466 g/mol. The number of carbonyl (C=O) groups excluding carboxylic acids is 2. The summed E-state index contributed by atoms with van der Waals surface area (Å²) in [7, 11) is 3.23. The van der Waals surface area contributed by atoms with Crippen molar-refractivity contribution in [2.24, 2.45) is 0 Å². The van der Waals surface area contributed by atoms with Crippen molar-refractivity contribution < 1.29 is 19.1 Å². The van der Waals surface area contributed by atoms with Crippen LogP contribution in [0.3, 0.4) is 0 Å². The predicted molar refractivity (Wildman–Crippen MR) is 141 cm³/mol. The van der Waals surface area contributed by atoms with Gasteiger partial charge in [0, 0.05) is 28.6 Å². The highest BCUT2D eigenvalue weighted by Crippen LogP contribution is 2.46. The maximum Gasteiger partial charge on any atom is 0.246 e. The fraction of sp³-hybridized carbons (Fsp3) is 0.267. The number of hydrogen-bond acceptors (Lipinski definition) is 4. The third-order valence-corrected chi connectivity index (χ3v) is 7.77. The van der Waals surface area contributed by atoms with Crippen LogP contribution in [-0.4, -0.2) is 53.4 Å². The van der Waals surface area contributed by atoms with E-state index in [0.717, 1.165) is 33.3 Å². The van der Waals surface area contributed by atoms with Gasteiger partial charge in [0.1, 0.15) is 30.1 Å². The number of benzene rings is 3. The molecule has 2 aliphatic heterocycles. The Hall–Kier alpha value is -4.26. The second-order valence-corrected chi connectivity index (χ2v) is 9.65. The molecule has 0 aliphatic carbocycles. The van der Waals surface area contributed by atoms with Crippen LogP contribution in [0.25, 0.3) is 10.9 Å². The summed E-state index contributed by atoms with van der Waals surface area (Å²) in [6.07, 6.45) is 0.449. The molecule has 4 aromatic rings. The minimum Gasteiger partial charge on any atom is -0.497 e. The van der Waals surface area contributed by atoms with Gasteiger partial charge in [-0.15, -0.1) is 0 Å². The van der Waals surface area contributed by atoms with Crippen molar-refractivity contribution in [3.8, 4) is 11.5 Å². The summed E-state index contributed by atoms with van der Waals surface area (Å²) >= 11 is 0. The molecule has 3 atom stereocenters. The summed E-state index contributed by atoms with van der Waals surface area (Å²) in [6.45, 7) is 2.00. The quantitative estimate of drug-likeness (QED) is 0.438. The molecule has 3 heterocycles. The van der Waals surface area contributed by atoms with E-state index in [0.29, 0.717) is 17.9 Å². The van der Waals surface area contributed by atoms with Gasteiger partial charge in [-0.05, 0) is 42.3 Å². The van der Waals surface area contributed by atoms with Crippen molar-refractivity contribution in [1.29, 1.82) is 0 Å². The van der Waals surface area contributed by atoms with E-state index in [1.807, 2.05) is 73.7 Å². The van der Waals surface area contributed by atoms with Crippen LogP contribution in [0.2, 0.25) is 0 Å². The molecule has 1 saturated heterocycles. The van der Waals surface area contributed by atoms with E-state index in [1.165, 1.54) is 0 Å². The van der Waals surface area contributed by atoms with Gasteiger partial charge in [0.05, 0.1) is 20.3 Å². The molecule has 37 heavy (non-hydrogen) atoms. The summed E-state index contributed by atoms with van der Waals surface area (Å²) < 4.78 is 11.3. The monoisotopic (exact) mass is 495 g/mol. The normalized spacial score (nSPS) is 20.0. The number of aromatic amines is 1. The summed E-state index contributed by atoms with van der Waals surface area (Å²) in [5.74, 6) is 1.16. The smallest absolute Gasteiger partial charge is 0.246 e. The average Bonchev–Trinajstić information content (AvgIpc) is 3.32. The van der Waals surface area contributed by atoms with E-state index < -0.39 is 12.1 Å². The van der Waals surface area contributed by atoms with Crippen molar-refractivity contribution in [2.75, 3.05) is 20.8 Å². The minimum atomic E-state index is -0.625. The molecule has 0 radical (unpaired) electrons. The van der Waals surface area contributed by atoms with Crippen LogP contribution in [0.5, 0.6) is 11.5 Å². The van der Waals surface area contributed by atoms with Crippen LogP contribution in [-0.2, 0) is 16.0 Å². The molecule has 1 aromatic heterocycles. The number of para-hydroxylation sites is 1. The molecule has 7 heteroatoms. The molecule has 3 aromatic carbocycles. The molecule has 0 saturated carbocycles. The van der Waals surface area contributed by atoms with Crippen LogP contribution in [0.4, 0.5) is 0 Å². The molecular formula is C30H29N3O4. The molecule has 7 nitrogen and oxygen atoms in total. The lowest BCUT2D eigenvalue weighted by atomic mass is 9.85. The number of nitrogens with zero attached hydrogens (tertiary/aromatic N) is 2. The number of methoxy groups -OCH3 is 2. The summed E-state index contributed by atoms with van der Waals surface area (Å²) in [6, 6.07) is 22.2. The Bertz CT molecular complexity index is 1500. The van der Waals surface area contributed by atoms with Crippen LogP contribution >= 0.6 is 0 Å². The van der Waals surface area contributed by atoms with E-state index in [9.17, 15) is 9.59 Å². The summed E-state index contributed by atoms with van der Waals surface area (Å²) in [5.41, 5.74) is 4.74. The third kappa shape index (κ3) is 3.65. The Labute approximate surface area is 215 Å². The second-order valence-electron chi connectivity index (χ2n) is 9.65. The highest BCUT2D eigenvalue weighted by atomic mass is 16.5. The van der Waals surface area contributed by atoms with Crippen LogP contribution in [0.15, 0.2) is 72.8 Å². The van der Waals surface area contributed by atoms with Gasteiger partial charge in [-0.2, -0.15) is 0 Å². The first kappa shape index (κ1) is 23.2. The van der Waals surface area contributed by atoms with Crippen molar-refractivity contribution >= 4 is 22.7 Å². The standard InChI is InChI=1S/C30H29N3O4/c1-18(19-9-5-4-6-10-19)32-17-27(34)33-25(30(32)35)16-22-21-11-7-8-12-24(21)31-28(22)29(33)23-15-20(36-2)13-14-26(23)37-3/h4-15,18,25,29,31H,16-17H2,1-3H3/t18?,25-,29?/m0/s1. The number of amides is 2. The van der Waals surface area contributed by atoms with Crippen molar-refractivity contribution in [3.05, 3.63) is 95.2 Å². The predicted octanol–water partition coefficient (Wildman–Crippen LogP) is 4.63. The third-order valence-electron chi connectivity index (χ3n) is 7.77. The summed E-state index contributed by atoms with van der Waals surface area (Å²) in [4.78, 5) is 35.1. The Balaban J connectivity index is 1.52. The Morgan fingerprint density at radius 3 is 2.46 bits per heavy atom. The Kier molecular flexibility index (Phi) is 5.63. The number of aromatic nitrogens is 1. The zero-order chi connectivity index (χ0) is 25.7. The average molecular weight is 496 g/mol. The van der Waals surface area contributed by atoms with Crippen molar-refractivity contribution in [3.63, 3.8) is 0 Å². The van der Waals surface area contributed by atoms with E-state index in [1.54, 1.807) is 24.0 Å². The molecule has 2 amide bonds. The van der Waals surface area contributed by atoms with E-state index in [-0.39, 0.29) is 24.4 Å². The van der Waals surface area contributed by atoms with Gasteiger partial charge < -0.3 is 24.3 Å². The fourth-order valence-electron chi connectivity index (χ4n) is 5.90. The van der Waals surface area contributed by atoms with E-state index in [4.69, 9.17) is 9.47 Å². The second kappa shape index (κ2) is 9.00. The number of carbonyl (C=O) groups is 2. The molecule has 1 fully saturated rings. The molecule has 0 bridgehead atoms. The molecule has 2 aliphatic rings. The number of nitrogens with one attached hydrogen (secondary N) is 1. The minimum absolute atomic E-state index is 0.0176. The topological polar surface area (TPSA) is 74.9 Å². The largest absolute Gasteiger partial charge is 0.497 e. The number of H-pyrrole nitrogens is 1. The highest BCUT2D eigenvalue weighted by Gasteiger charge is 2.49. The fourth-order valence-corrected chi connectivity index (χ4v) is 5.90. The van der Waals surface area contributed by atoms with Crippen LogP contribution in [0, 0.1) is 0 Å². The first-order chi connectivity index (χ1) is 18.0.